The van der Waals surface area contributed by atoms with Crippen molar-refractivity contribution in [2.75, 3.05) is 13.2 Å². The molecule has 9 nitrogen and oxygen atoms in total. The third kappa shape index (κ3) is 38.7. The maximum atomic E-state index is 13.0. The van der Waals surface area contributed by atoms with Gasteiger partial charge in [0.05, 0.1) is 25.4 Å². The van der Waals surface area contributed by atoms with Crippen LogP contribution in [-0.4, -0.2) is 87.5 Å². The lowest BCUT2D eigenvalue weighted by molar-refractivity contribution is -0.302. The summed E-state index contributed by atoms with van der Waals surface area (Å²) in [7, 11) is 0. The number of carbonyl (C=O) groups is 1. The van der Waals surface area contributed by atoms with Crippen molar-refractivity contribution in [1.82, 2.24) is 5.32 Å². The summed E-state index contributed by atoms with van der Waals surface area (Å²) in [6, 6.07) is -0.842. The SMILES string of the molecule is CC/C=C\C/C=C\C/C=C\C/C=C\CCCCCCCCC(=O)NC(COC1OC(CO)C(O)C(O)C1O)C(O)/C=C/CC/C=C/CC/C=C/CCCCCCCCCCCCCCCCCCC. The number of aliphatic hydroxyl groups excluding tert-OH is 5. The molecule has 7 unspecified atom stereocenters. The first kappa shape index (κ1) is 64.4. The first-order chi connectivity index (χ1) is 33.8. The topological polar surface area (TPSA) is 149 Å². The molecule has 0 spiro atoms. The number of unbranched alkanes of at least 4 members (excludes halogenated alkanes) is 25. The second-order valence-corrected chi connectivity index (χ2v) is 19.3. The van der Waals surface area contributed by atoms with E-state index >= 15 is 0 Å². The van der Waals surface area contributed by atoms with E-state index in [-0.39, 0.29) is 12.5 Å². The molecule has 9 heteroatoms. The number of aliphatic hydroxyl groups is 5. The molecule has 0 aromatic rings. The van der Waals surface area contributed by atoms with E-state index in [0.717, 1.165) is 96.3 Å². The molecule has 7 atom stereocenters. The van der Waals surface area contributed by atoms with E-state index < -0.39 is 49.5 Å². The van der Waals surface area contributed by atoms with E-state index in [1.165, 1.54) is 116 Å². The van der Waals surface area contributed by atoms with E-state index in [1.54, 1.807) is 6.08 Å². The molecule has 0 saturated carbocycles. The van der Waals surface area contributed by atoms with E-state index in [0.29, 0.717) is 6.42 Å². The van der Waals surface area contributed by atoms with Crippen LogP contribution < -0.4 is 5.32 Å². The first-order valence-corrected chi connectivity index (χ1v) is 28.3. The second kappa shape index (κ2) is 49.0. The third-order valence-electron chi connectivity index (χ3n) is 12.9. The molecule has 398 valence electrons. The Bertz CT molecular complexity index is 1350. The van der Waals surface area contributed by atoms with Crippen molar-refractivity contribution >= 4 is 5.91 Å². The van der Waals surface area contributed by atoms with E-state index in [2.05, 4.69) is 92.1 Å². The van der Waals surface area contributed by atoms with E-state index in [1.807, 2.05) is 6.08 Å². The Hall–Kier alpha value is -2.63. The molecule has 1 aliphatic heterocycles. The fourth-order valence-electron chi connectivity index (χ4n) is 8.47. The van der Waals surface area contributed by atoms with Gasteiger partial charge in [0.15, 0.2) is 6.29 Å². The number of ether oxygens (including phenoxy) is 2. The lowest BCUT2D eigenvalue weighted by Crippen LogP contribution is -2.60. The highest BCUT2D eigenvalue weighted by molar-refractivity contribution is 5.76. The summed E-state index contributed by atoms with van der Waals surface area (Å²) in [4.78, 5) is 13.0. The maximum Gasteiger partial charge on any atom is 0.220 e. The highest BCUT2D eigenvalue weighted by atomic mass is 16.7. The molecular formula is C60H105NO8. The van der Waals surface area contributed by atoms with Crippen LogP contribution in [0.5, 0.6) is 0 Å². The molecule has 1 heterocycles. The van der Waals surface area contributed by atoms with Gasteiger partial charge in [-0.25, -0.2) is 0 Å². The Labute approximate surface area is 422 Å². The minimum absolute atomic E-state index is 0.207. The van der Waals surface area contributed by atoms with Crippen LogP contribution in [0.1, 0.15) is 232 Å². The fourth-order valence-corrected chi connectivity index (χ4v) is 8.47. The van der Waals surface area contributed by atoms with Gasteiger partial charge < -0.3 is 40.3 Å². The average Bonchev–Trinajstić information content (AvgIpc) is 3.35. The van der Waals surface area contributed by atoms with Gasteiger partial charge in [-0.15, -0.1) is 0 Å². The van der Waals surface area contributed by atoms with Crippen molar-refractivity contribution in [3.05, 3.63) is 85.1 Å². The van der Waals surface area contributed by atoms with Gasteiger partial charge in [-0.2, -0.15) is 0 Å². The highest BCUT2D eigenvalue weighted by Gasteiger charge is 2.44. The Morgan fingerprint density at radius 2 is 0.913 bits per heavy atom. The second-order valence-electron chi connectivity index (χ2n) is 19.3. The van der Waals surface area contributed by atoms with Gasteiger partial charge in [-0.05, 0) is 83.5 Å². The van der Waals surface area contributed by atoms with Crippen LogP contribution in [0.25, 0.3) is 0 Å². The predicted octanol–water partition coefficient (Wildman–Crippen LogP) is 13.8. The molecule has 6 N–H and O–H groups in total. The maximum absolute atomic E-state index is 13.0. The van der Waals surface area contributed by atoms with Crippen molar-refractivity contribution in [3.8, 4) is 0 Å². The Morgan fingerprint density at radius 3 is 1.39 bits per heavy atom. The summed E-state index contributed by atoms with van der Waals surface area (Å²) in [5, 5.41) is 54.4. The van der Waals surface area contributed by atoms with Crippen LogP contribution in [-0.2, 0) is 14.3 Å². The third-order valence-corrected chi connectivity index (χ3v) is 12.9. The Morgan fingerprint density at radius 1 is 0.507 bits per heavy atom. The van der Waals surface area contributed by atoms with Gasteiger partial charge in [0, 0.05) is 6.42 Å². The van der Waals surface area contributed by atoms with Crippen molar-refractivity contribution in [2.24, 2.45) is 0 Å². The summed E-state index contributed by atoms with van der Waals surface area (Å²) >= 11 is 0. The zero-order valence-corrected chi connectivity index (χ0v) is 44.0. The van der Waals surface area contributed by atoms with Gasteiger partial charge in [0.2, 0.25) is 5.91 Å². The number of hydrogen-bond donors (Lipinski definition) is 6. The molecule has 69 heavy (non-hydrogen) atoms. The first-order valence-electron chi connectivity index (χ1n) is 28.3. The molecule has 0 aromatic heterocycles. The Balaban J connectivity index is 2.29. The monoisotopic (exact) mass is 968 g/mol. The average molecular weight is 968 g/mol. The molecule has 1 saturated heterocycles. The number of carbonyl (C=O) groups excluding carboxylic acids is 1. The van der Waals surface area contributed by atoms with Crippen molar-refractivity contribution < 1.29 is 39.8 Å². The lowest BCUT2D eigenvalue weighted by atomic mass is 9.99. The van der Waals surface area contributed by atoms with E-state index in [4.69, 9.17) is 9.47 Å². The minimum Gasteiger partial charge on any atom is -0.394 e. The van der Waals surface area contributed by atoms with Crippen LogP contribution in [0.2, 0.25) is 0 Å². The van der Waals surface area contributed by atoms with Crippen LogP contribution in [0.15, 0.2) is 85.1 Å². The summed E-state index contributed by atoms with van der Waals surface area (Å²) < 4.78 is 11.2. The summed E-state index contributed by atoms with van der Waals surface area (Å²) in [5.41, 5.74) is 0. The molecule has 0 aliphatic carbocycles. The number of hydrogen-bond acceptors (Lipinski definition) is 8. The molecule has 0 aromatic carbocycles. The quantitative estimate of drug-likeness (QED) is 0.0261. The molecule has 1 amide bonds. The number of nitrogens with one attached hydrogen (secondary N) is 1. The van der Waals surface area contributed by atoms with Gasteiger partial charge >= 0.3 is 0 Å². The molecule has 1 rings (SSSR count). The normalized spacial score (nSPS) is 20.1. The molecule has 0 bridgehead atoms. The standard InChI is InChI=1S/C60H105NO8/c1-3-5-7-9-11-13-15-17-19-21-23-24-25-26-27-28-29-30-32-33-35-37-39-41-43-45-47-49-54(63)53(52-68-60-59(67)58(66)57(65)55(51-62)69-60)61-56(64)50-48-46-44-42-40-38-36-34-31-22-20-18-16-14-12-10-8-6-4-2/h6,8,12,14,18,20,31-34,39,41,47,49,53-55,57-60,62-63,65-67H,3-5,7,9-11,13,15-17,19,21-30,35-38,40,42-46,48,50-52H2,1-2H3,(H,61,64)/b8-6-,14-12-,20-18-,33-32+,34-31-,41-39+,49-47+. The van der Waals surface area contributed by atoms with Crippen LogP contribution in [0.3, 0.4) is 0 Å². The minimum atomic E-state index is -1.58. The van der Waals surface area contributed by atoms with Gasteiger partial charge in [0.25, 0.3) is 0 Å². The Kier molecular flexibility index (Phi) is 45.7. The van der Waals surface area contributed by atoms with Crippen molar-refractivity contribution in [1.29, 1.82) is 0 Å². The molecule has 0 radical (unpaired) electrons. The van der Waals surface area contributed by atoms with Crippen molar-refractivity contribution in [2.45, 2.75) is 275 Å². The number of allylic oxidation sites excluding steroid dienone is 13. The smallest absolute Gasteiger partial charge is 0.220 e. The van der Waals surface area contributed by atoms with Crippen molar-refractivity contribution in [3.63, 3.8) is 0 Å². The number of rotatable bonds is 47. The molecule has 1 aliphatic rings. The summed E-state index contributed by atoms with van der Waals surface area (Å²) in [6.45, 7) is 3.64. The molecule has 1 fully saturated rings. The largest absolute Gasteiger partial charge is 0.394 e. The fraction of sp³-hybridized carbons (Fsp3) is 0.750. The highest BCUT2D eigenvalue weighted by Crippen LogP contribution is 2.23. The summed E-state index contributed by atoms with van der Waals surface area (Å²) in [6.07, 6.45) is 62.2. The summed E-state index contributed by atoms with van der Waals surface area (Å²) in [5.74, 6) is -0.207. The van der Waals surface area contributed by atoms with Gasteiger partial charge in [-0.1, -0.05) is 227 Å². The van der Waals surface area contributed by atoms with Crippen LogP contribution in [0.4, 0.5) is 0 Å². The van der Waals surface area contributed by atoms with Gasteiger partial charge in [-0.3, -0.25) is 4.79 Å². The van der Waals surface area contributed by atoms with Crippen LogP contribution in [0, 0.1) is 0 Å². The molecular weight excluding hydrogens is 863 g/mol. The zero-order chi connectivity index (χ0) is 50.1. The number of amides is 1. The lowest BCUT2D eigenvalue weighted by Gasteiger charge is -2.40. The van der Waals surface area contributed by atoms with Crippen LogP contribution >= 0.6 is 0 Å². The predicted molar refractivity (Wildman–Crippen MR) is 290 cm³/mol. The zero-order valence-electron chi connectivity index (χ0n) is 44.0. The van der Waals surface area contributed by atoms with E-state index in [9.17, 15) is 30.3 Å². The van der Waals surface area contributed by atoms with Gasteiger partial charge in [0.1, 0.15) is 24.4 Å².